The van der Waals surface area contributed by atoms with Crippen LogP contribution in [0.15, 0.2) is 77.6 Å². The number of amides is 1. The summed E-state index contributed by atoms with van der Waals surface area (Å²) in [7, 11) is 0. The maximum absolute atomic E-state index is 12.0. The first kappa shape index (κ1) is 32.9. The number of aromatic nitrogens is 1. The number of phenolic OH excluding ortho intramolecular Hbond substituents is 1. The lowest BCUT2D eigenvalue weighted by Crippen LogP contribution is -2.28. The van der Waals surface area contributed by atoms with Crippen molar-refractivity contribution in [3.05, 3.63) is 99.3 Å². The average molecular weight is 622 g/mol. The molecule has 0 bridgehead atoms. The van der Waals surface area contributed by atoms with Gasteiger partial charge in [0.25, 0.3) is 0 Å². The first-order valence-electron chi connectivity index (χ1n) is 15.0. The molecule has 1 heterocycles. The molecule has 5 N–H and O–H groups in total. The number of aromatic hydroxyl groups is 1. The Bertz CT molecular complexity index is 1560. The van der Waals surface area contributed by atoms with Gasteiger partial charge in [-0.3, -0.25) is 9.69 Å². The normalized spacial score (nSPS) is 11.9. The number of hydrogen-bond donors (Lipinski definition) is 5. The number of benzene rings is 3. The zero-order valence-electron chi connectivity index (χ0n) is 24.7. The Morgan fingerprint density at radius 2 is 1.64 bits per heavy atom. The van der Waals surface area contributed by atoms with Gasteiger partial charge < -0.3 is 30.4 Å². The summed E-state index contributed by atoms with van der Waals surface area (Å²) in [6, 6.07) is 20.8. The second kappa shape index (κ2) is 16.7. The molecule has 0 radical (unpaired) electrons. The summed E-state index contributed by atoms with van der Waals surface area (Å²) in [5.41, 5.74) is 1.96. The predicted octanol–water partition coefficient (Wildman–Crippen LogP) is 7.00. The van der Waals surface area contributed by atoms with Crippen LogP contribution < -0.4 is 20.5 Å². The lowest BCUT2D eigenvalue weighted by atomic mass is 10.0. The highest BCUT2D eigenvalue weighted by Gasteiger charge is 2.20. The zero-order chi connectivity index (χ0) is 31.3. The van der Waals surface area contributed by atoms with Gasteiger partial charge in [-0.1, -0.05) is 86.2 Å². The molecule has 0 aliphatic carbocycles. The van der Waals surface area contributed by atoms with E-state index in [0.717, 1.165) is 57.1 Å². The summed E-state index contributed by atoms with van der Waals surface area (Å²) in [6.45, 7) is 1.88. The number of H-pyrrole nitrogens is 1. The lowest BCUT2D eigenvalue weighted by Gasteiger charge is -2.22. The maximum Gasteiger partial charge on any atom is 0.412 e. The van der Waals surface area contributed by atoms with Crippen LogP contribution >= 0.6 is 11.6 Å². The molecule has 0 aliphatic heterocycles. The second-order valence-electron chi connectivity index (χ2n) is 10.8. The molecule has 1 atom stereocenters. The molecule has 0 aliphatic rings. The molecule has 0 saturated carbocycles. The van der Waals surface area contributed by atoms with Crippen molar-refractivity contribution in [2.75, 3.05) is 24.6 Å². The number of pyridine rings is 1. The minimum atomic E-state index is -1.08. The van der Waals surface area contributed by atoms with Crippen molar-refractivity contribution in [2.24, 2.45) is 0 Å². The smallest absolute Gasteiger partial charge is 0.412 e. The third kappa shape index (κ3) is 9.22. The van der Waals surface area contributed by atoms with Gasteiger partial charge in [0.15, 0.2) is 0 Å². The van der Waals surface area contributed by atoms with E-state index < -0.39 is 12.2 Å². The van der Waals surface area contributed by atoms with E-state index in [0.29, 0.717) is 46.1 Å². The molecule has 9 nitrogen and oxygen atoms in total. The highest BCUT2D eigenvalue weighted by atomic mass is 35.5. The number of hydrogen-bond acceptors (Lipinski definition) is 6. The highest BCUT2D eigenvalue weighted by molar-refractivity contribution is 6.35. The summed E-state index contributed by atoms with van der Waals surface area (Å²) in [5.74, 6) is 0.460. The Morgan fingerprint density at radius 1 is 0.909 bits per heavy atom. The second-order valence-corrected chi connectivity index (χ2v) is 11.1. The van der Waals surface area contributed by atoms with Crippen molar-refractivity contribution < 1.29 is 24.9 Å². The Labute approximate surface area is 262 Å². The Hall–Kier alpha value is -4.05. The number of halogens is 1. The Morgan fingerprint density at radius 3 is 2.39 bits per heavy atom. The van der Waals surface area contributed by atoms with Crippen molar-refractivity contribution in [3.8, 4) is 11.5 Å². The molecule has 1 unspecified atom stereocenters. The minimum Gasteiger partial charge on any atom is -0.506 e. The van der Waals surface area contributed by atoms with Gasteiger partial charge in [0.05, 0.1) is 30.5 Å². The summed E-state index contributed by atoms with van der Waals surface area (Å²) in [5, 5.41) is 34.7. The molecule has 1 aromatic heterocycles. The molecular formula is C34H40ClN3O6. The van der Waals surface area contributed by atoms with Crippen LogP contribution in [0.2, 0.25) is 5.02 Å². The lowest BCUT2D eigenvalue weighted by molar-refractivity contribution is 0.176. The van der Waals surface area contributed by atoms with Gasteiger partial charge in [-0.2, -0.15) is 0 Å². The Kier molecular flexibility index (Phi) is 12.5. The third-order valence-corrected chi connectivity index (χ3v) is 7.89. The third-order valence-electron chi connectivity index (χ3n) is 7.51. The number of ether oxygens (including phenoxy) is 1. The SMILES string of the molecule is O=C(O)N(Cc1ccccc1)c1cccc(OCCCCCCCCCNCC(O)c2ccc(O)c3[nH]c(=O)ccc23)c1Cl. The van der Waals surface area contributed by atoms with Crippen molar-refractivity contribution in [1.82, 2.24) is 10.3 Å². The van der Waals surface area contributed by atoms with Crippen LogP contribution in [0.3, 0.4) is 0 Å². The number of anilines is 1. The number of rotatable bonds is 17. The highest BCUT2D eigenvalue weighted by Crippen LogP contribution is 2.35. The number of nitrogens with zero attached hydrogens (tertiary/aromatic N) is 1. The van der Waals surface area contributed by atoms with Crippen molar-refractivity contribution in [1.29, 1.82) is 0 Å². The Balaban J connectivity index is 1.08. The average Bonchev–Trinajstić information content (AvgIpc) is 3.02. The molecule has 0 spiro atoms. The van der Waals surface area contributed by atoms with Gasteiger partial charge >= 0.3 is 6.09 Å². The van der Waals surface area contributed by atoms with E-state index in [4.69, 9.17) is 16.3 Å². The fraction of sp³-hybridized carbons (Fsp3) is 0.353. The largest absolute Gasteiger partial charge is 0.506 e. The van der Waals surface area contributed by atoms with Crippen LogP contribution in [-0.2, 0) is 6.54 Å². The van der Waals surface area contributed by atoms with Gasteiger partial charge in [0.1, 0.15) is 16.5 Å². The number of unbranched alkanes of at least 4 members (excludes halogenated alkanes) is 6. The number of carboxylic acid groups (broad SMARTS) is 1. The molecule has 1 amide bonds. The molecule has 44 heavy (non-hydrogen) atoms. The number of carbonyl (C=O) groups is 1. The van der Waals surface area contributed by atoms with E-state index in [-0.39, 0.29) is 17.9 Å². The first-order chi connectivity index (χ1) is 21.3. The number of aliphatic hydroxyl groups excluding tert-OH is 1. The minimum absolute atomic E-state index is 0.0208. The number of aromatic amines is 1. The van der Waals surface area contributed by atoms with Gasteiger partial charge in [-0.15, -0.1) is 0 Å². The van der Waals surface area contributed by atoms with Crippen LogP contribution in [0.5, 0.6) is 11.5 Å². The van der Waals surface area contributed by atoms with E-state index in [9.17, 15) is 24.9 Å². The molecule has 234 valence electrons. The van der Waals surface area contributed by atoms with Crippen LogP contribution in [0, 0.1) is 0 Å². The van der Waals surface area contributed by atoms with Crippen LogP contribution in [0.4, 0.5) is 10.5 Å². The number of phenols is 1. The van der Waals surface area contributed by atoms with Crippen molar-refractivity contribution >= 4 is 34.3 Å². The zero-order valence-corrected chi connectivity index (χ0v) is 25.4. The first-order valence-corrected chi connectivity index (χ1v) is 15.4. The molecule has 3 aromatic carbocycles. The van der Waals surface area contributed by atoms with Gasteiger partial charge in [-0.25, -0.2) is 4.79 Å². The van der Waals surface area contributed by atoms with Crippen molar-refractivity contribution in [2.45, 2.75) is 57.6 Å². The molecule has 0 saturated heterocycles. The van der Waals surface area contributed by atoms with E-state index in [1.807, 2.05) is 30.3 Å². The topological polar surface area (TPSA) is 135 Å². The van der Waals surface area contributed by atoms with E-state index in [1.54, 1.807) is 30.3 Å². The fourth-order valence-corrected chi connectivity index (χ4v) is 5.44. The van der Waals surface area contributed by atoms with Crippen molar-refractivity contribution in [3.63, 3.8) is 0 Å². The molecule has 10 heteroatoms. The number of nitrogens with one attached hydrogen (secondary N) is 2. The molecule has 4 rings (SSSR count). The molecule has 4 aromatic rings. The summed E-state index contributed by atoms with van der Waals surface area (Å²) in [6.07, 6.45) is 5.53. The summed E-state index contributed by atoms with van der Waals surface area (Å²) >= 11 is 6.56. The monoisotopic (exact) mass is 621 g/mol. The van der Waals surface area contributed by atoms with E-state index in [2.05, 4.69) is 10.3 Å². The molecule has 0 fully saturated rings. The molecular weight excluding hydrogens is 582 g/mol. The van der Waals surface area contributed by atoms with Crippen LogP contribution in [0.1, 0.15) is 62.2 Å². The quantitative estimate of drug-likeness (QED) is 0.0801. The summed E-state index contributed by atoms with van der Waals surface area (Å²) in [4.78, 5) is 27.4. The number of aliphatic hydroxyl groups is 1. The van der Waals surface area contributed by atoms with E-state index >= 15 is 0 Å². The van der Waals surface area contributed by atoms with Crippen LogP contribution in [0.25, 0.3) is 10.9 Å². The van der Waals surface area contributed by atoms with Gasteiger partial charge in [0.2, 0.25) is 5.56 Å². The van der Waals surface area contributed by atoms with Crippen LogP contribution in [-0.4, -0.2) is 46.1 Å². The fourth-order valence-electron chi connectivity index (χ4n) is 5.16. The summed E-state index contributed by atoms with van der Waals surface area (Å²) < 4.78 is 5.91. The maximum atomic E-state index is 12.0. The van der Waals surface area contributed by atoms with Gasteiger partial charge in [-0.05, 0) is 54.8 Å². The van der Waals surface area contributed by atoms with Gasteiger partial charge in [0, 0.05) is 18.0 Å². The predicted molar refractivity (Wildman–Crippen MR) is 174 cm³/mol. The standard InChI is InChI=1S/C34H40ClN3O6/c35-32-27(38(34(42)43)23-24-12-7-6-8-13-24)14-11-15-30(32)44-21-10-5-3-1-2-4-9-20-36-22-29(40)25-16-18-28(39)33-26(25)17-19-31(41)37-33/h6-8,11-19,29,36,39-40H,1-5,9-10,20-23H2,(H,37,41)(H,42,43). The number of fused-ring (bicyclic) bond motifs is 1. The van der Waals surface area contributed by atoms with E-state index in [1.165, 1.54) is 17.0 Å².